The van der Waals surface area contributed by atoms with E-state index in [1.807, 2.05) is 0 Å². The van der Waals surface area contributed by atoms with Crippen LogP contribution in [0, 0.1) is 46.3 Å². The Balaban J connectivity index is 1.37. The summed E-state index contributed by atoms with van der Waals surface area (Å²) in [5, 5.41) is 0. The van der Waals surface area contributed by atoms with Gasteiger partial charge in [0, 0.05) is 18.3 Å². The van der Waals surface area contributed by atoms with E-state index in [0.717, 1.165) is 19.3 Å². The van der Waals surface area contributed by atoms with Crippen molar-refractivity contribution in [1.82, 2.24) is 0 Å². The zero-order valence-corrected chi connectivity index (χ0v) is 20.6. The Morgan fingerprint density at radius 1 is 0.875 bits per heavy atom. The molecule has 5 nitrogen and oxygen atoms in total. The zero-order chi connectivity index (χ0) is 22.5. The number of fused-ring (bicyclic) bond motifs is 7. The van der Waals surface area contributed by atoms with Crippen LogP contribution >= 0.6 is 0 Å². The Bertz CT molecular complexity index is 774. The molecule has 2 saturated heterocycles. The van der Waals surface area contributed by atoms with Gasteiger partial charge in [-0.15, -0.1) is 0 Å². The summed E-state index contributed by atoms with van der Waals surface area (Å²) in [5.41, 5.74) is 0.393. The van der Waals surface area contributed by atoms with Crippen LogP contribution < -0.4 is 0 Å². The van der Waals surface area contributed by atoms with Gasteiger partial charge in [0.1, 0.15) is 6.29 Å². The number of carbonyl (C=O) groups is 1. The molecule has 0 aromatic carbocycles. The third-order valence-electron chi connectivity index (χ3n) is 11.2. The van der Waals surface area contributed by atoms with E-state index in [1.54, 1.807) is 0 Å². The van der Waals surface area contributed by atoms with Crippen molar-refractivity contribution in [3.63, 3.8) is 0 Å². The van der Waals surface area contributed by atoms with Crippen LogP contribution in [-0.4, -0.2) is 43.3 Å². The molecule has 0 bridgehead atoms. The van der Waals surface area contributed by atoms with E-state index in [2.05, 4.69) is 34.6 Å². The van der Waals surface area contributed by atoms with Crippen LogP contribution in [0.25, 0.3) is 0 Å². The minimum atomic E-state index is -0.502. The maximum absolute atomic E-state index is 11.7. The van der Waals surface area contributed by atoms with E-state index in [0.29, 0.717) is 42.8 Å². The number of ether oxygens (including phenoxy) is 4. The number of carbonyl (C=O) groups excluding carboxylic acids is 1. The number of hydrogen-bond donors (Lipinski definition) is 0. The van der Waals surface area contributed by atoms with Crippen molar-refractivity contribution in [2.75, 3.05) is 13.2 Å². The van der Waals surface area contributed by atoms with Crippen LogP contribution in [0.3, 0.4) is 0 Å². The van der Waals surface area contributed by atoms with Gasteiger partial charge in [-0.05, 0) is 86.9 Å². The summed E-state index contributed by atoms with van der Waals surface area (Å²) >= 11 is 0. The van der Waals surface area contributed by atoms with Crippen molar-refractivity contribution in [1.29, 1.82) is 0 Å². The van der Waals surface area contributed by atoms with Crippen LogP contribution in [0.15, 0.2) is 0 Å². The fourth-order valence-corrected chi connectivity index (χ4v) is 10.1. The first-order valence-electron chi connectivity index (χ1n) is 13.2. The van der Waals surface area contributed by atoms with Crippen molar-refractivity contribution < 1.29 is 23.7 Å². The van der Waals surface area contributed by atoms with E-state index >= 15 is 0 Å². The summed E-state index contributed by atoms with van der Waals surface area (Å²) in [4.78, 5) is 11.7. The summed E-state index contributed by atoms with van der Waals surface area (Å²) in [7, 11) is 0. The number of rotatable bonds is 2. The van der Waals surface area contributed by atoms with Crippen LogP contribution in [0.4, 0.5) is 0 Å². The molecule has 4 aliphatic carbocycles. The average molecular weight is 447 g/mol. The molecular weight excluding hydrogens is 404 g/mol. The fraction of sp³-hybridized carbons (Fsp3) is 0.963. The number of hydrogen-bond acceptors (Lipinski definition) is 5. The van der Waals surface area contributed by atoms with E-state index in [-0.39, 0.29) is 29.0 Å². The lowest BCUT2D eigenvalue weighted by Gasteiger charge is -2.65. The smallest absolute Gasteiger partial charge is 0.172 e. The van der Waals surface area contributed by atoms with Gasteiger partial charge in [-0.1, -0.05) is 20.8 Å². The molecule has 6 aliphatic rings. The molecule has 10 atom stereocenters. The maximum atomic E-state index is 11.7. The Labute approximate surface area is 193 Å². The van der Waals surface area contributed by atoms with Crippen molar-refractivity contribution in [2.24, 2.45) is 46.3 Å². The van der Waals surface area contributed by atoms with Crippen molar-refractivity contribution in [2.45, 2.75) is 103 Å². The van der Waals surface area contributed by atoms with Gasteiger partial charge in [-0.3, -0.25) is 0 Å². The predicted molar refractivity (Wildman–Crippen MR) is 120 cm³/mol. The molecule has 2 heterocycles. The van der Waals surface area contributed by atoms with E-state index in [9.17, 15) is 4.79 Å². The van der Waals surface area contributed by atoms with Crippen LogP contribution in [0.5, 0.6) is 0 Å². The molecule has 32 heavy (non-hydrogen) atoms. The highest BCUT2D eigenvalue weighted by Gasteiger charge is 2.70. The van der Waals surface area contributed by atoms with Crippen molar-refractivity contribution in [3.05, 3.63) is 0 Å². The Morgan fingerprint density at radius 3 is 2.28 bits per heavy atom. The summed E-state index contributed by atoms with van der Waals surface area (Å²) in [6.07, 6.45) is 9.48. The molecular formula is C27H42O5. The van der Waals surface area contributed by atoms with Crippen molar-refractivity contribution >= 4 is 6.29 Å². The van der Waals surface area contributed by atoms with E-state index in [4.69, 9.17) is 18.9 Å². The lowest BCUT2D eigenvalue weighted by atomic mass is 9.43. The molecule has 0 N–H and O–H groups in total. The maximum Gasteiger partial charge on any atom is 0.172 e. The summed E-state index contributed by atoms with van der Waals surface area (Å²) in [6.45, 7) is 12.7. The largest absolute Gasteiger partial charge is 0.347 e. The SMILES string of the molecule is C[C@H](C=O)[C@H]1CCC2C3CC4(OCCO4)[C@H]4C[C@@H]5OC(C)(C)O[C@@H]5C[C@]4(C)C3CC[C@@]21C. The molecule has 2 aliphatic heterocycles. The van der Waals surface area contributed by atoms with E-state index in [1.165, 1.54) is 32.0 Å². The molecule has 0 radical (unpaired) electrons. The van der Waals surface area contributed by atoms with Crippen LogP contribution in [-0.2, 0) is 23.7 Å². The first-order chi connectivity index (χ1) is 15.1. The first kappa shape index (κ1) is 22.0. The molecule has 6 fully saturated rings. The fourth-order valence-electron chi connectivity index (χ4n) is 10.1. The third-order valence-corrected chi connectivity index (χ3v) is 11.2. The second kappa shape index (κ2) is 7.02. The summed E-state index contributed by atoms with van der Waals surface area (Å²) < 4.78 is 25.9. The Kier molecular flexibility index (Phi) is 4.83. The van der Waals surface area contributed by atoms with Gasteiger partial charge in [-0.2, -0.15) is 0 Å². The Hall–Kier alpha value is -0.490. The molecule has 180 valence electrons. The highest BCUT2D eigenvalue weighted by Crippen LogP contribution is 2.71. The highest BCUT2D eigenvalue weighted by atomic mass is 16.8. The average Bonchev–Trinajstić information content (AvgIpc) is 3.40. The highest BCUT2D eigenvalue weighted by molar-refractivity contribution is 5.53. The quantitative estimate of drug-likeness (QED) is 0.561. The molecule has 0 aromatic heterocycles. The second-order valence-electron chi connectivity index (χ2n) is 13.0. The van der Waals surface area contributed by atoms with Gasteiger partial charge in [0.25, 0.3) is 0 Å². The zero-order valence-electron chi connectivity index (χ0n) is 20.6. The lowest BCUT2D eigenvalue weighted by Crippen LogP contribution is -2.65. The molecule has 0 aromatic rings. The molecule has 5 heteroatoms. The van der Waals surface area contributed by atoms with Gasteiger partial charge >= 0.3 is 0 Å². The van der Waals surface area contributed by atoms with Gasteiger partial charge in [-0.25, -0.2) is 0 Å². The van der Waals surface area contributed by atoms with Crippen LogP contribution in [0.2, 0.25) is 0 Å². The van der Waals surface area contributed by atoms with Gasteiger partial charge in [0.2, 0.25) is 0 Å². The monoisotopic (exact) mass is 446 g/mol. The second-order valence-corrected chi connectivity index (χ2v) is 13.0. The third kappa shape index (κ3) is 2.86. The molecule has 1 spiro atoms. The minimum Gasteiger partial charge on any atom is -0.347 e. The molecule has 3 unspecified atom stereocenters. The van der Waals surface area contributed by atoms with Crippen LogP contribution in [0.1, 0.15) is 79.6 Å². The molecule has 0 amide bonds. The normalized spacial score (nSPS) is 53.8. The van der Waals surface area contributed by atoms with Gasteiger partial charge in [0.15, 0.2) is 11.6 Å². The minimum absolute atomic E-state index is 0.133. The van der Waals surface area contributed by atoms with Crippen molar-refractivity contribution in [3.8, 4) is 0 Å². The summed E-state index contributed by atoms with van der Waals surface area (Å²) in [6, 6.07) is 0. The topological polar surface area (TPSA) is 54.0 Å². The standard InChI is InChI=1S/C27H42O5/c1-16(15-28)18-6-7-19-17-13-27(29-10-11-30-27)23-12-21-22(32-24(2,3)31-21)14-26(23,5)20(17)8-9-25(18,19)4/h15-23H,6-14H2,1-5H3/t16-,17?,18-,19?,20?,21+,22-,23+,25-,26-/m1/s1. The Morgan fingerprint density at radius 2 is 1.56 bits per heavy atom. The van der Waals surface area contributed by atoms with Gasteiger partial charge in [0.05, 0.1) is 25.4 Å². The molecule has 4 saturated carbocycles. The lowest BCUT2D eigenvalue weighted by molar-refractivity contribution is -0.300. The van der Waals surface area contributed by atoms with Gasteiger partial charge < -0.3 is 23.7 Å². The van der Waals surface area contributed by atoms with E-state index < -0.39 is 11.6 Å². The summed E-state index contributed by atoms with van der Waals surface area (Å²) in [5.74, 6) is 1.98. The number of aldehydes is 1. The first-order valence-corrected chi connectivity index (χ1v) is 13.2. The predicted octanol–water partition coefficient (Wildman–Crippen LogP) is 4.96. The molecule has 6 rings (SSSR count).